The number of hydrogen-bond donors (Lipinski definition) is 1. The van der Waals surface area contributed by atoms with Gasteiger partial charge in [0.1, 0.15) is 4.88 Å². The van der Waals surface area contributed by atoms with Crippen molar-refractivity contribution in [3.63, 3.8) is 0 Å². The molecule has 1 N–H and O–H groups in total. The summed E-state index contributed by atoms with van der Waals surface area (Å²) in [5, 5.41) is 11.3. The van der Waals surface area contributed by atoms with E-state index in [1.54, 1.807) is 19.3 Å². The highest BCUT2D eigenvalue weighted by Gasteiger charge is 2.13. The zero-order valence-corrected chi connectivity index (χ0v) is 13.7. The smallest absolute Gasteiger partial charge is 0.265 e. The zero-order valence-electron chi connectivity index (χ0n) is 12.9. The van der Waals surface area contributed by atoms with Crippen molar-refractivity contribution in [2.45, 2.75) is 20.4 Å². The fraction of sp³-hybridized carbons (Fsp3) is 0.267. The van der Waals surface area contributed by atoms with Gasteiger partial charge in [-0.15, -0.1) is 5.10 Å². The molecular weight excluding hydrogens is 312 g/mol. The Morgan fingerprint density at radius 1 is 1.39 bits per heavy atom. The normalized spacial score (nSPS) is 10.7. The third kappa shape index (κ3) is 3.42. The summed E-state index contributed by atoms with van der Waals surface area (Å²) in [7, 11) is 0. The summed E-state index contributed by atoms with van der Waals surface area (Å²) in [6.07, 6.45) is 3.52. The zero-order chi connectivity index (χ0) is 16.2. The van der Waals surface area contributed by atoms with Crippen LogP contribution in [0.3, 0.4) is 0 Å². The van der Waals surface area contributed by atoms with Gasteiger partial charge in [0.2, 0.25) is 0 Å². The predicted octanol–water partition coefficient (Wildman–Crippen LogP) is 1.84. The van der Waals surface area contributed by atoms with Gasteiger partial charge in [-0.05, 0) is 43.6 Å². The van der Waals surface area contributed by atoms with E-state index >= 15 is 0 Å². The lowest BCUT2D eigenvalue weighted by atomic mass is 10.2. The minimum Gasteiger partial charge on any atom is -0.349 e. The van der Waals surface area contributed by atoms with Crippen molar-refractivity contribution < 1.29 is 4.79 Å². The summed E-state index contributed by atoms with van der Waals surface area (Å²) in [5.74, 6) is -0.144. The first-order valence-corrected chi connectivity index (χ1v) is 7.94. The van der Waals surface area contributed by atoms with Gasteiger partial charge in [0, 0.05) is 30.2 Å². The van der Waals surface area contributed by atoms with E-state index in [0.29, 0.717) is 23.7 Å². The maximum Gasteiger partial charge on any atom is 0.265 e. The van der Waals surface area contributed by atoms with Crippen molar-refractivity contribution in [3.05, 3.63) is 46.9 Å². The van der Waals surface area contributed by atoms with Crippen molar-refractivity contribution in [1.82, 2.24) is 29.7 Å². The molecule has 0 saturated heterocycles. The van der Waals surface area contributed by atoms with E-state index < -0.39 is 0 Å². The highest BCUT2D eigenvalue weighted by molar-refractivity contribution is 7.07. The molecule has 3 aromatic rings. The summed E-state index contributed by atoms with van der Waals surface area (Å²) in [4.78, 5) is 16.7. The van der Waals surface area contributed by atoms with E-state index in [2.05, 4.69) is 25.0 Å². The highest BCUT2D eigenvalue weighted by atomic mass is 32.1. The Bertz CT molecular complexity index is 810. The maximum atomic E-state index is 12.0. The molecule has 0 atom stereocenters. The van der Waals surface area contributed by atoms with E-state index in [4.69, 9.17) is 0 Å². The average Bonchev–Trinajstić information content (AvgIpc) is 3.14. The molecule has 0 aliphatic rings. The number of nitrogens with zero attached hydrogens (tertiary/aromatic N) is 5. The van der Waals surface area contributed by atoms with Crippen LogP contribution in [0.25, 0.3) is 11.3 Å². The van der Waals surface area contributed by atoms with Gasteiger partial charge in [0.05, 0.1) is 17.9 Å². The first-order chi connectivity index (χ1) is 11.1. The molecule has 3 heterocycles. The fourth-order valence-corrected chi connectivity index (χ4v) is 2.76. The van der Waals surface area contributed by atoms with E-state index in [9.17, 15) is 4.79 Å². The quantitative estimate of drug-likeness (QED) is 0.772. The van der Waals surface area contributed by atoms with Gasteiger partial charge >= 0.3 is 0 Å². The minimum atomic E-state index is -0.144. The third-order valence-electron chi connectivity index (χ3n) is 3.41. The second kappa shape index (κ2) is 6.66. The predicted molar refractivity (Wildman–Crippen MR) is 87.2 cm³/mol. The second-order valence-electron chi connectivity index (χ2n) is 5.08. The number of carbonyl (C=O) groups is 1. The first-order valence-electron chi connectivity index (χ1n) is 7.17. The van der Waals surface area contributed by atoms with Crippen LogP contribution >= 0.6 is 11.5 Å². The lowest BCUT2D eigenvalue weighted by Gasteiger charge is -2.06. The molecular formula is C15H16N6OS. The molecule has 8 heteroatoms. The molecule has 0 unspecified atom stereocenters. The molecule has 0 spiro atoms. The molecule has 7 nitrogen and oxygen atoms in total. The Labute approximate surface area is 137 Å². The number of hydrogen-bond acceptors (Lipinski definition) is 6. The largest absolute Gasteiger partial charge is 0.349 e. The molecule has 0 aliphatic heterocycles. The fourth-order valence-electron chi connectivity index (χ4n) is 2.19. The Morgan fingerprint density at radius 2 is 2.26 bits per heavy atom. The van der Waals surface area contributed by atoms with Crippen molar-refractivity contribution >= 4 is 17.4 Å². The summed E-state index contributed by atoms with van der Waals surface area (Å²) in [6, 6.07) is 5.87. The van der Waals surface area contributed by atoms with Gasteiger partial charge in [-0.25, -0.2) is 0 Å². The van der Waals surface area contributed by atoms with Crippen LogP contribution in [0.4, 0.5) is 0 Å². The van der Waals surface area contributed by atoms with Crippen molar-refractivity contribution in [1.29, 1.82) is 0 Å². The monoisotopic (exact) mass is 328 g/mol. The van der Waals surface area contributed by atoms with Crippen LogP contribution in [-0.2, 0) is 6.54 Å². The number of carbonyl (C=O) groups excluding carboxylic acids is 1. The van der Waals surface area contributed by atoms with E-state index in [0.717, 1.165) is 28.5 Å². The van der Waals surface area contributed by atoms with E-state index in [1.807, 2.05) is 29.8 Å². The number of pyridine rings is 1. The molecule has 0 aliphatic carbocycles. The molecule has 0 bridgehead atoms. The Hall–Kier alpha value is -2.61. The molecule has 0 aromatic carbocycles. The van der Waals surface area contributed by atoms with Crippen LogP contribution < -0.4 is 5.32 Å². The van der Waals surface area contributed by atoms with Crippen LogP contribution in [0.1, 0.15) is 21.1 Å². The lowest BCUT2D eigenvalue weighted by molar-refractivity contribution is 0.0955. The molecule has 0 radical (unpaired) electrons. The van der Waals surface area contributed by atoms with E-state index in [1.165, 1.54) is 0 Å². The third-order valence-corrected chi connectivity index (χ3v) is 4.23. The van der Waals surface area contributed by atoms with Gasteiger partial charge in [0.15, 0.2) is 0 Å². The lowest BCUT2D eigenvalue weighted by Crippen LogP contribution is -2.27. The standard InChI is InChI=1S/C15H16N6OS/c1-10-8-13(12-4-3-5-16-9-12)19-21(10)7-6-17-15(22)14-11(2)18-20-23-14/h3-5,8-9H,6-7H2,1-2H3,(H,17,22). The van der Waals surface area contributed by atoms with Crippen LogP contribution in [0.5, 0.6) is 0 Å². The molecule has 3 rings (SSSR count). The van der Waals surface area contributed by atoms with Crippen molar-refractivity contribution in [2.75, 3.05) is 6.54 Å². The molecule has 3 aromatic heterocycles. The first kappa shape index (κ1) is 15.3. The average molecular weight is 328 g/mol. The topological polar surface area (TPSA) is 85.6 Å². The van der Waals surface area contributed by atoms with Gasteiger partial charge in [0.25, 0.3) is 5.91 Å². The minimum absolute atomic E-state index is 0.144. The van der Waals surface area contributed by atoms with E-state index in [-0.39, 0.29) is 5.91 Å². The number of aromatic nitrogens is 5. The summed E-state index contributed by atoms with van der Waals surface area (Å²) in [6.45, 7) is 4.86. The van der Waals surface area contributed by atoms with Crippen LogP contribution in [0, 0.1) is 13.8 Å². The molecule has 118 valence electrons. The molecule has 1 amide bonds. The number of aryl methyl sites for hydroxylation is 2. The number of nitrogens with one attached hydrogen (secondary N) is 1. The Kier molecular flexibility index (Phi) is 4.42. The highest BCUT2D eigenvalue weighted by Crippen LogP contribution is 2.17. The maximum absolute atomic E-state index is 12.0. The summed E-state index contributed by atoms with van der Waals surface area (Å²) in [5.41, 5.74) is 3.55. The van der Waals surface area contributed by atoms with Gasteiger partial charge in [-0.2, -0.15) is 5.10 Å². The van der Waals surface area contributed by atoms with Crippen LogP contribution in [0.2, 0.25) is 0 Å². The Morgan fingerprint density at radius 3 is 2.96 bits per heavy atom. The van der Waals surface area contributed by atoms with Gasteiger partial charge in [-0.3, -0.25) is 14.5 Å². The molecule has 0 saturated carbocycles. The number of amides is 1. The SMILES string of the molecule is Cc1nnsc1C(=O)NCCn1nc(-c2cccnc2)cc1C. The molecule has 0 fully saturated rings. The van der Waals surface area contributed by atoms with Crippen LogP contribution in [-0.4, -0.2) is 36.8 Å². The summed E-state index contributed by atoms with van der Waals surface area (Å²) < 4.78 is 5.64. The van der Waals surface area contributed by atoms with Gasteiger partial charge in [-0.1, -0.05) is 4.49 Å². The molecule has 23 heavy (non-hydrogen) atoms. The van der Waals surface area contributed by atoms with Gasteiger partial charge < -0.3 is 5.32 Å². The summed E-state index contributed by atoms with van der Waals surface area (Å²) >= 11 is 1.11. The van der Waals surface area contributed by atoms with Crippen molar-refractivity contribution in [3.8, 4) is 11.3 Å². The Balaban J connectivity index is 1.62. The number of rotatable bonds is 5. The second-order valence-corrected chi connectivity index (χ2v) is 5.83. The van der Waals surface area contributed by atoms with Crippen LogP contribution in [0.15, 0.2) is 30.6 Å². The van der Waals surface area contributed by atoms with Crippen molar-refractivity contribution in [2.24, 2.45) is 0 Å².